The van der Waals surface area contributed by atoms with Crippen molar-refractivity contribution in [3.63, 3.8) is 0 Å². The summed E-state index contributed by atoms with van der Waals surface area (Å²) in [6.07, 6.45) is 1.16. The molecule has 35 heavy (non-hydrogen) atoms. The van der Waals surface area contributed by atoms with Gasteiger partial charge in [-0.3, -0.25) is 9.88 Å². The smallest absolute Gasteiger partial charge is 0.415 e. The molecule has 4 rings (SSSR count). The maximum Gasteiger partial charge on any atom is 0.415 e. The number of halogens is 2. The van der Waals surface area contributed by atoms with Crippen LogP contribution >= 0.6 is 0 Å². The number of nitrogens with zero attached hydrogens (tertiary/aromatic N) is 3. The second-order valence-corrected chi connectivity index (χ2v) is 9.62. The van der Waals surface area contributed by atoms with Crippen LogP contribution in [0.3, 0.4) is 0 Å². The summed E-state index contributed by atoms with van der Waals surface area (Å²) in [7, 11) is 0. The Hall–Kier alpha value is -3.74. The molecule has 7 heteroatoms. The molecule has 0 saturated heterocycles. The van der Waals surface area contributed by atoms with Gasteiger partial charge < -0.3 is 9.30 Å². The van der Waals surface area contributed by atoms with Crippen LogP contribution in [0.2, 0.25) is 0 Å². The lowest BCUT2D eigenvalue weighted by atomic mass is 10.1. The molecule has 182 valence electrons. The molecule has 0 saturated carbocycles. The largest absolute Gasteiger partial charge is 0.443 e. The van der Waals surface area contributed by atoms with E-state index in [1.165, 1.54) is 29.2 Å². The lowest BCUT2D eigenvalue weighted by Crippen LogP contribution is -2.36. The van der Waals surface area contributed by atoms with Gasteiger partial charge in [0.05, 0.1) is 17.8 Å². The van der Waals surface area contributed by atoms with Crippen molar-refractivity contribution < 1.29 is 18.3 Å². The summed E-state index contributed by atoms with van der Waals surface area (Å²) in [4.78, 5) is 19.3. The van der Waals surface area contributed by atoms with Crippen molar-refractivity contribution in [1.82, 2.24) is 9.55 Å². The van der Waals surface area contributed by atoms with Crippen LogP contribution in [-0.4, -0.2) is 21.2 Å². The molecule has 0 aliphatic rings. The zero-order valence-corrected chi connectivity index (χ0v) is 20.6. The lowest BCUT2D eigenvalue weighted by Gasteiger charge is -2.27. The third-order valence-corrected chi connectivity index (χ3v) is 5.91. The van der Waals surface area contributed by atoms with Crippen LogP contribution in [0.15, 0.2) is 60.8 Å². The number of fused-ring (bicyclic) bond motifs is 1. The molecule has 0 fully saturated rings. The van der Waals surface area contributed by atoms with Crippen LogP contribution in [0, 0.1) is 25.5 Å². The number of ether oxygens (including phenoxy) is 1. The summed E-state index contributed by atoms with van der Waals surface area (Å²) < 4.78 is 35.2. The molecule has 0 atom stereocenters. The number of hydrogen-bond donors (Lipinski definition) is 0. The Morgan fingerprint density at radius 2 is 1.74 bits per heavy atom. The molecule has 4 aromatic rings. The molecule has 2 aromatic heterocycles. The first kappa shape index (κ1) is 24.4. The van der Waals surface area contributed by atoms with E-state index in [1.54, 1.807) is 45.2 Å². The van der Waals surface area contributed by atoms with E-state index in [-0.39, 0.29) is 12.4 Å². The van der Waals surface area contributed by atoms with Crippen molar-refractivity contribution in [2.24, 2.45) is 0 Å². The van der Waals surface area contributed by atoms with Gasteiger partial charge >= 0.3 is 6.09 Å². The number of rotatable bonds is 5. The Labute approximate surface area is 204 Å². The molecule has 0 unspecified atom stereocenters. The van der Waals surface area contributed by atoms with E-state index in [4.69, 9.17) is 4.74 Å². The van der Waals surface area contributed by atoms with Crippen LogP contribution in [0.25, 0.3) is 10.9 Å². The minimum Gasteiger partial charge on any atom is -0.443 e. The highest BCUT2D eigenvalue weighted by Gasteiger charge is 2.26. The third-order valence-electron chi connectivity index (χ3n) is 5.91. The highest BCUT2D eigenvalue weighted by Crippen LogP contribution is 2.30. The lowest BCUT2D eigenvalue weighted by molar-refractivity contribution is 0.0577. The van der Waals surface area contributed by atoms with Gasteiger partial charge in [0.25, 0.3) is 0 Å². The summed E-state index contributed by atoms with van der Waals surface area (Å²) in [5.41, 5.74) is 4.25. The van der Waals surface area contributed by atoms with E-state index in [0.29, 0.717) is 17.9 Å². The molecular formula is C28H29F2N3O2. The van der Waals surface area contributed by atoms with Crippen LogP contribution < -0.4 is 4.90 Å². The number of aromatic nitrogens is 2. The first-order valence-electron chi connectivity index (χ1n) is 11.5. The molecule has 0 aliphatic heterocycles. The molecule has 2 heterocycles. The number of anilines is 1. The van der Waals surface area contributed by atoms with Crippen molar-refractivity contribution in [3.05, 3.63) is 94.9 Å². The second-order valence-electron chi connectivity index (χ2n) is 9.62. The van der Waals surface area contributed by atoms with Gasteiger partial charge in [0.2, 0.25) is 0 Å². The van der Waals surface area contributed by atoms with Gasteiger partial charge in [-0.2, -0.15) is 0 Å². The number of pyridine rings is 1. The van der Waals surface area contributed by atoms with E-state index in [2.05, 4.69) is 9.55 Å². The molecule has 1 amide bonds. The number of hydrogen-bond acceptors (Lipinski definition) is 3. The standard InChI is InChI=1S/C28H29F2N3O2/c1-18-19(2)32(16-20-7-6-8-22(30)15-20)26-24(18)13-14-31-25(26)17-33(27(34)35-28(3,4)5)23-11-9-21(29)10-12-23/h6-15H,16-17H2,1-5H3. The number of benzene rings is 2. The number of amides is 1. The quantitative estimate of drug-likeness (QED) is 0.313. The van der Waals surface area contributed by atoms with Crippen LogP contribution in [0.1, 0.15) is 43.3 Å². The topological polar surface area (TPSA) is 47.4 Å². The highest BCUT2D eigenvalue weighted by atomic mass is 19.1. The molecule has 0 N–H and O–H groups in total. The Bertz CT molecular complexity index is 1370. The molecule has 0 radical (unpaired) electrons. The summed E-state index contributed by atoms with van der Waals surface area (Å²) >= 11 is 0. The second kappa shape index (κ2) is 9.49. The SMILES string of the molecule is Cc1c(C)n(Cc2cccc(F)c2)c2c(CN(C(=O)OC(C)(C)C)c3ccc(F)cc3)nccc12. The molecular weight excluding hydrogens is 448 g/mol. The Balaban J connectivity index is 1.81. The number of carbonyl (C=O) groups is 1. The van der Waals surface area contributed by atoms with Gasteiger partial charge in [-0.15, -0.1) is 0 Å². The Kier molecular flexibility index (Phi) is 6.61. The van der Waals surface area contributed by atoms with Gasteiger partial charge in [0.1, 0.15) is 17.2 Å². The average Bonchev–Trinajstić information content (AvgIpc) is 3.02. The third kappa shape index (κ3) is 5.34. The van der Waals surface area contributed by atoms with Crippen molar-refractivity contribution in [1.29, 1.82) is 0 Å². The van der Waals surface area contributed by atoms with E-state index in [0.717, 1.165) is 27.7 Å². The summed E-state index contributed by atoms with van der Waals surface area (Å²) in [5.74, 6) is -0.688. The Morgan fingerprint density at radius 3 is 2.40 bits per heavy atom. The molecule has 0 bridgehead atoms. The van der Waals surface area contributed by atoms with Crippen molar-refractivity contribution in [2.45, 2.75) is 53.3 Å². The van der Waals surface area contributed by atoms with E-state index in [9.17, 15) is 13.6 Å². The minimum atomic E-state index is -0.709. The summed E-state index contributed by atoms with van der Waals surface area (Å²) in [6.45, 7) is 10.0. The van der Waals surface area contributed by atoms with E-state index < -0.39 is 17.5 Å². The number of carbonyl (C=O) groups excluding carboxylic acids is 1. The van der Waals surface area contributed by atoms with Crippen LogP contribution in [-0.2, 0) is 17.8 Å². The maximum atomic E-state index is 13.9. The zero-order chi connectivity index (χ0) is 25.3. The fourth-order valence-electron chi connectivity index (χ4n) is 4.15. The average molecular weight is 478 g/mol. The fourth-order valence-corrected chi connectivity index (χ4v) is 4.15. The highest BCUT2D eigenvalue weighted by molar-refractivity contribution is 5.91. The van der Waals surface area contributed by atoms with Crippen molar-refractivity contribution >= 4 is 22.7 Å². The van der Waals surface area contributed by atoms with Crippen molar-refractivity contribution in [3.8, 4) is 0 Å². The van der Waals surface area contributed by atoms with Gasteiger partial charge in [0, 0.05) is 29.5 Å². The first-order valence-corrected chi connectivity index (χ1v) is 11.5. The molecule has 2 aromatic carbocycles. The fraction of sp³-hybridized carbons (Fsp3) is 0.286. The maximum absolute atomic E-state index is 13.9. The number of aryl methyl sites for hydroxylation is 1. The molecule has 0 aliphatic carbocycles. The van der Waals surface area contributed by atoms with Crippen molar-refractivity contribution in [2.75, 3.05) is 4.90 Å². The van der Waals surface area contributed by atoms with Crippen LogP contribution in [0.4, 0.5) is 19.3 Å². The monoisotopic (exact) mass is 477 g/mol. The van der Waals surface area contributed by atoms with Crippen LogP contribution in [0.5, 0.6) is 0 Å². The van der Waals surface area contributed by atoms with E-state index in [1.807, 2.05) is 26.0 Å². The summed E-state index contributed by atoms with van der Waals surface area (Å²) in [6, 6.07) is 14.2. The predicted octanol–water partition coefficient (Wildman–Crippen LogP) is 6.92. The molecule has 0 spiro atoms. The first-order chi connectivity index (χ1) is 16.5. The van der Waals surface area contributed by atoms with Gasteiger partial charge in [0.15, 0.2) is 0 Å². The van der Waals surface area contributed by atoms with E-state index >= 15 is 0 Å². The van der Waals surface area contributed by atoms with Gasteiger partial charge in [-0.05, 0) is 88.2 Å². The molecule has 5 nitrogen and oxygen atoms in total. The predicted molar refractivity (Wildman–Crippen MR) is 134 cm³/mol. The zero-order valence-electron chi connectivity index (χ0n) is 20.6. The Morgan fingerprint density at radius 1 is 1.03 bits per heavy atom. The normalized spacial score (nSPS) is 11.6. The summed E-state index contributed by atoms with van der Waals surface area (Å²) in [5, 5.41) is 1.01. The minimum absolute atomic E-state index is 0.115. The van der Waals surface area contributed by atoms with Gasteiger partial charge in [-0.1, -0.05) is 12.1 Å². The van der Waals surface area contributed by atoms with Gasteiger partial charge in [-0.25, -0.2) is 13.6 Å².